The summed E-state index contributed by atoms with van der Waals surface area (Å²) in [5, 5.41) is 7.64. The Bertz CT molecular complexity index is 909. The molecular weight excluding hydrogens is 368 g/mol. The van der Waals surface area contributed by atoms with Crippen LogP contribution in [0.3, 0.4) is 0 Å². The van der Waals surface area contributed by atoms with Gasteiger partial charge in [-0.1, -0.05) is 13.8 Å². The summed E-state index contributed by atoms with van der Waals surface area (Å²) in [5.74, 6) is 1.40. The number of hydrogen-bond donors (Lipinski definition) is 2. The maximum Gasteiger partial charge on any atom is 0.200 e. The van der Waals surface area contributed by atoms with E-state index in [1.165, 1.54) is 0 Å². The Kier molecular flexibility index (Phi) is 7.90. The largest absolute Gasteiger partial charge is 0.493 e. The van der Waals surface area contributed by atoms with E-state index in [0.717, 1.165) is 39.0 Å². The van der Waals surface area contributed by atoms with Crippen LogP contribution in [-0.4, -0.2) is 39.4 Å². The molecule has 29 heavy (non-hydrogen) atoms. The van der Waals surface area contributed by atoms with Gasteiger partial charge in [-0.05, 0) is 63.3 Å². The van der Waals surface area contributed by atoms with Gasteiger partial charge in [0.05, 0.1) is 24.0 Å². The van der Waals surface area contributed by atoms with Gasteiger partial charge in [-0.15, -0.1) is 0 Å². The normalized spacial score (nSPS) is 11.2. The molecule has 0 radical (unpaired) electrons. The van der Waals surface area contributed by atoms with Gasteiger partial charge >= 0.3 is 0 Å². The lowest BCUT2D eigenvalue weighted by Crippen LogP contribution is -2.16. The fraction of sp³-hybridized carbons (Fsp3) is 0.435. The van der Waals surface area contributed by atoms with E-state index in [-0.39, 0.29) is 5.43 Å². The Hall–Kier alpha value is -2.57. The van der Waals surface area contributed by atoms with Crippen LogP contribution < -0.4 is 25.5 Å². The van der Waals surface area contributed by atoms with E-state index < -0.39 is 0 Å². The van der Waals surface area contributed by atoms with E-state index in [1.807, 2.05) is 12.1 Å². The van der Waals surface area contributed by atoms with E-state index in [1.54, 1.807) is 24.3 Å². The fourth-order valence-electron chi connectivity index (χ4n) is 3.12. The van der Waals surface area contributed by atoms with Gasteiger partial charge in [0.25, 0.3) is 0 Å². The number of benzene rings is 2. The summed E-state index contributed by atoms with van der Waals surface area (Å²) >= 11 is 0. The van der Waals surface area contributed by atoms with Crippen molar-refractivity contribution >= 4 is 21.9 Å². The summed E-state index contributed by atoms with van der Waals surface area (Å²) in [6.45, 7) is 9.13. The van der Waals surface area contributed by atoms with Gasteiger partial charge in [0.2, 0.25) is 5.43 Å². The van der Waals surface area contributed by atoms with E-state index in [9.17, 15) is 4.79 Å². The van der Waals surface area contributed by atoms with Crippen molar-refractivity contribution in [3.8, 4) is 11.5 Å². The molecule has 0 bridgehead atoms. The molecule has 0 fully saturated rings. The van der Waals surface area contributed by atoms with Crippen LogP contribution in [0.5, 0.6) is 11.5 Å². The lowest BCUT2D eigenvalue weighted by atomic mass is 10.1. The van der Waals surface area contributed by atoms with E-state index in [2.05, 4.69) is 24.5 Å². The number of nitrogens with one attached hydrogen (secondary N) is 2. The third kappa shape index (κ3) is 5.71. The Morgan fingerprint density at radius 3 is 1.72 bits per heavy atom. The van der Waals surface area contributed by atoms with Crippen LogP contribution in [0.2, 0.25) is 0 Å². The van der Waals surface area contributed by atoms with Crippen LogP contribution in [0.1, 0.15) is 26.7 Å². The van der Waals surface area contributed by atoms with E-state index in [4.69, 9.17) is 13.9 Å². The molecule has 6 heteroatoms. The average Bonchev–Trinajstić information content (AvgIpc) is 2.73. The van der Waals surface area contributed by atoms with Crippen LogP contribution in [0, 0.1) is 0 Å². The highest BCUT2D eigenvalue weighted by atomic mass is 16.5. The first-order chi connectivity index (χ1) is 14.2. The van der Waals surface area contributed by atoms with Crippen molar-refractivity contribution < 1.29 is 13.9 Å². The Balaban J connectivity index is 1.75. The number of rotatable bonds is 12. The summed E-state index contributed by atoms with van der Waals surface area (Å²) in [6.07, 6.45) is 1.84. The lowest BCUT2D eigenvalue weighted by molar-refractivity contribution is 0.308. The minimum absolute atomic E-state index is 0.0429. The topological polar surface area (TPSA) is 72.7 Å². The van der Waals surface area contributed by atoms with Gasteiger partial charge in [-0.25, -0.2) is 0 Å². The van der Waals surface area contributed by atoms with Crippen LogP contribution >= 0.6 is 0 Å². The molecular formula is C23H30N2O4. The van der Waals surface area contributed by atoms with Crippen molar-refractivity contribution in [1.82, 2.24) is 10.6 Å². The summed E-state index contributed by atoms with van der Waals surface area (Å²) in [7, 11) is 0. The summed E-state index contributed by atoms with van der Waals surface area (Å²) in [4.78, 5) is 12.8. The molecule has 0 aliphatic rings. The standard InChI is InChI=1S/C23H30N2O4/c1-3-24-11-5-13-27-17-7-9-19-21(15-17)29-22-16-18(8-10-20(22)23(19)26)28-14-6-12-25-4-2/h7-10,15-16,24-25H,3-6,11-14H2,1-2H3. The first-order valence-corrected chi connectivity index (χ1v) is 10.4. The minimum atomic E-state index is -0.0429. The molecule has 1 heterocycles. The first kappa shape index (κ1) is 21.1. The number of fused-ring (bicyclic) bond motifs is 2. The van der Waals surface area contributed by atoms with Crippen molar-refractivity contribution in [2.75, 3.05) is 39.4 Å². The maximum absolute atomic E-state index is 12.8. The molecule has 0 amide bonds. The first-order valence-electron chi connectivity index (χ1n) is 10.4. The Morgan fingerprint density at radius 1 is 0.793 bits per heavy atom. The van der Waals surface area contributed by atoms with Gasteiger partial charge in [0, 0.05) is 12.1 Å². The van der Waals surface area contributed by atoms with Gasteiger partial charge in [0.1, 0.15) is 22.7 Å². The second kappa shape index (κ2) is 10.8. The molecule has 0 saturated heterocycles. The van der Waals surface area contributed by atoms with E-state index in [0.29, 0.717) is 46.7 Å². The van der Waals surface area contributed by atoms with Gasteiger partial charge in [-0.2, -0.15) is 0 Å². The van der Waals surface area contributed by atoms with Crippen LogP contribution in [0.25, 0.3) is 21.9 Å². The second-order valence-corrected chi connectivity index (χ2v) is 6.86. The van der Waals surface area contributed by atoms with Gasteiger partial charge in [-0.3, -0.25) is 4.79 Å². The van der Waals surface area contributed by atoms with Crippen molar-refractivity contribution in [3.05, 3.63) is 46.6 Å². The zero-order valence-electron chi connectivity index (χ0n) is 17.3. The highest BCUT2D eigenvalue weighted by Crippen LogP contribution is 2.25. The Morgan fingerprint density at radius 2 is 1.28 bits per heavy atom. The quantitative estimate of drug-likeness (QED) is 0.358. The predicted octanol–water partition coefficient (Wildman–Crippen LogP) is 3.70. The second-order valence-electron chi connectivity index (χ2n) is 6.86. The third-order valence-corrected chi connectivity index (χ3v) is 4.65. The van der Waals surface area contributed by atoms with Crippen molar-refractivity contribution in [2.24, 2.45) is 0 Å². The van der Waals surface area contributed by atoms with Gasteiger partial charge < -0.3 is 24.5 Å². The monoisotopic (exact) mass is 398 g/mol. The molecule has 6 nitrogen and oxygen atoms in total. The van der Waals surface area contributed by atoms with Gasteiger partial charge in [0.15, 0.2) is 0 Å². The molecule has 1 aromatic heterocycles. The van der Waals surface area contributed by atoms with Crippen LogP contribution in [0.4, 0.5) is 0 Å². The fourth-order valence-corrected chi connectivity index (χ4v) is 3.12. The molecule has 0 unspecified atom stereocenters. The highest BCUT2D eigenvalue weighted by Gasteiger charge is 2.10. The summed E-state index contributed by atoms with van der Waals surface area (Å²) in [5.41, 5.74) is 1.01. The molecule has 0 aliphatic heterocycles. The summed E-state index contributed by atoms with van der Waals surface area (Å²) in [6, 6.07) is 10.7. The van der Waals surface area contributed by atoms with Crippen molar-refractivity contribution in [2.45, 2.75) is 26.7 Å². The molecule has 2 aromatic carbocycles. The molecule has 3 rings (SSSR count). The predicted molar refractivity (Wildman–Crippen MR) is 117 cm³/mol. The van der Waals surface area contributed by atoms with Crippen LogP contribution in [0.15, 0.2) is 45.6 Å². The highest BCUT2D eigenvalue weighted by molar-refractivity contribution is 5.90. The number of hydrogen-bond acceptors (Lipinski definition) is 6. The van der Waals surface area contributed by atoms with Crippen molar-refractivity contribution in [1.29, 1.82) is 0 Å². The zero-order chi connectivity index (χ0) is 20.5. The molecule has 3 aromatic rings. The van der Waals surface area contributed by atoms with Crippen molar-refractivity contribution in [3.63, 3.8) is 0 Å². The SMILES string of the molecule is CCNCCCOc1ccc2c(=O)c3ccc(OCCCNCC)cc3oc2c1. The molecule has 0 saturated carbocycles. The molecule has 2 N–H and O–H groups in total. The summed E-state index contributed by atoms with van der Waals surface area (Å²) < 4.78 is 17.6. The molecule has 0 spiro atoms. The smallest absolute Gasteiger partial charge is 0.200 e. The number of ether oxygens (including phenoxy) is 2. The molecule has 156 valence electrons. The average molecular weight is 399 g/mol. The third-order valence-electron chi connectivity index (χ3n) is 4.65. The lowest BCUT2D eigenvalue weighted by Gasteiger charge is -2.09. The molecule has 0 aliphatic carbocycles. The minimum Gasteiger partial charge on any atom is -0.493 e. The maximum atomic E-state index is 12.8. The molecule has 0 atom stereocenters. The van der Waals surface area contributed by atoms with Crippen LogP contribution in [-0.2, 0) is 0 Å². The Labute approximate surface area is 171 Å². The van der Waals surface area contributed by atoms with E-state index >= 15 is 0 Å². The zero-order valence-corrected chi connectivity index (χ0v) is 17.3.